The fraction of sp³-hybridized carbons (Fsp3) is 0.464. The van der Waals surface area contributed by atoms with Crippen molar-refractivity contribution in [2.24, 2.45) is 5.41 Å². The molecule has 0 unspecified atom stereocenters. The second-order valence-electron chi connectivity index (χ2n) is 9.90. The van der Waals surface area contributed by atoms with Gasteiger partial charge < -0.3 is 14.4 Å². The summed E-state index contributed by atoms with van der Waals surface area (Å²) in [5.74, 6) is 0.621. The van der Waals surface area contributed by atoms with E-state index in [-0.39, 0.29) is 5.82 Å². The van der Waals surface area contributed by atoms with Crippen LogP contribution in [-0.2, 0) is 21.4 Å². The topological polar surface area (TPSA) is 84.9 Å². The largest absolute Gasteiger partial charge is 0.497 e. The number of sulfonamides is 1. The first-order valence-corrected chi connectivity index (χ1v) is 14.5. The highest BCUT2D eigenvalue weighted by atomic mass is 32.2. The summed E-state index contributed by atoms with van der Waals surface area (Å²) in [6.07, 6.45) is 3.57. The molecule has 2 aromatic carbocycles. The predicted octanol–water partition coefficient (Wildman–Crippen LogP) is 4.51. The first-order valence-electron chi connectivity index (χ1n) is 12.7. The molecule has 0 aromatic heterocycles. The van der Waals surface area contributed by atoms with E-state index in [0.29, 0.717) is 44.8 Å². The second-order valence-corrected chi connectivity index (χ2v) is 11.6. The van der Waals surface area contributed by atoms with Gasteiger partial charge in [0, 0.05) is 30.8 Å². The fourth-order valence-electron chi connectivity index (χ4n) is 5.37. The Morgan fingerprint density at radius 3 is 2.43 bits per heavy atom. The van der Waals surface area contributed by atoms with E-state index in [1.165, 1.54) is 17.7 Å². The molecular formula is C28H35FN2O5S. The standard InChI is InChI=1S/C28H35FN2O5S/c1-5-28(6-2,27(32)30-37(4,33)34)18-31-13-11-19(12-14-31)26-23-9-8-22(35-3)15-20(23)17-36-25-10-7-21(29)16-24(25)26/h7-10,15-16H,5-6,11-14,17-18H2,1-4H3,(H,30,32). The number of carbonyl (C=O) groups excluding carboxylic acids is 1. The molecule has 2 aliphatic rings. The first kappa shape index (κ1) is 27.1. The molecule has 1 fully saturated rings. The SMILES string of the molecule is CCC(CC)(CN1CCC(=C2c3ccc(OC)cc3COc3ccc(F)cc32)CC1)C(=O)NS(C)(=O)=O. The molecule has 7 nitrogen and oxygen atoms in total. The van der Waals surface area contributed by atoms with E-state index in [2.05, 4.69) is 9.62 Å². The monoisotopic (exact) mass is 530 g/mol. The minimum Gasteiger partial charge on any atom is -0.497 e. The molecule has 0 saturated carbocycles. The van der Waals surface area contributed by atoms with Crippen molar-refractivity contribution >= 4 is 21.5 Å². The lowest BCUT2D eigenvalue weighted by molar-refractivity contribution is -0.131. The summed E-state index contributed by atoms with van der Waals surface area (Å²) in [6, 6.07) is 10.5. The number of methoxy groups -OCH3 is 1. The Labute approximate surface area is 218 Å². The number of piperidine rings is 1. The molecule has 1 N–H and O–H groups in total. The molecule has 0 radical (unpaired) electrons. The summed E-state index contributed by atoms with van der Waals surface area (Å²) in [6.45, 7) is 6.11. The van der Waals surface area contributed by atoms with Crippen LogP contribution in [0.3, 0.4) is 0 Å². The maximum absolute atomic E-state index is 14.4. The molecule has 0 bridgehead atoms. The quantitative estimate of drug-likeness (QED) is 0.567. The van der Waals surface area contributed by atoms with Crippen LogP contribution in [0.15, 0.2) is 42.0 Å². The van der Waals surface area contributed by atoms with E-state index in [1.807, 2.05) is 32.0 Å². The van der Waals surface area contributed by atoms with Crippen molar-refractivity contribution in [1.82, 2.24) is 9.62 Å². The number of hydrogen-bond donors (Lipinski definition) is 1. The number of rotatable bonds is 7. The van der Waals surface area contributed by atoms with Crippen LogP contribution in [0.2, 0.25) is 0 Å². The van der Waals surface area contributed by atoms with Gasteiger partial charge in [0.2, 0.25) is 15.9 Å². The number of carbonyl (C=O) groups is 1. The van der Waals surface area contributed by atoms with E-state index in [4.69, 9.17) is 9.47 Å². The summed E-state index contributed by atoms with van der Waals surface area (Å²) in [4.78, 5) is 15.2. The highest BCUT2D eigenvalue weighted by Gasteiger charge is 2.39. The molecule has 9 heteroatoms. The zero-order chi connectivity index (χ0) is 26.8. The normalized spacial score (nSPS) is 16.4. The van der Waals surface area contributed by atoms with Gasteiger partial charge in [-0.15, -0.1) is 0 Å². The summed E-state index contributed by atoms with van der Waals surface area (Å²) >= 11 is 0. The Bertz CT molecular complexity index is 1310. The third-order valence-electron chi connectivity index (χ3n) is 7.63. The number of fused-ring (bicyclic) bond motifs is 2. The van der Waals surface area contributed by atoms with Crippen molar-refractivity contribution in [3.05, 3.63) is 64.5 Å². The summed E-state index contributed by atoms with van der Waals surface area (Å²) < 4.78 is 51.5. The van der Waals surface area contributed by atoms with Crippen LogP contribution in [0, 0.1) is 11.2 Å². The number of nitrogens with one attached hydrogen (secondary N) is 1. The van der Waals surface area contributed by atoms with Gasteiger partial charge in [0.25, 0.3) is 0 Å². The maximum Gasteiger partial charge on any atom is 0.240 e. The smallest absolute Gasteiger partial charge is 0.240 e. The number of likely N-dealkylation sites (tertiary alicyclic amines) is 1. The molecule has 0 spiro atoms. The van der Waals surface area contributed by atoms with Crippen molar-refractivity contribution in [2.75, 3.05) is 33.0 Å². The Morgan fingerprint density at radius 1 is 1.11 bits per heavy atom. The molecule has 37 heavy (non-hydrogen) atoms. The molecule has 2 aromatic rings. The number of halogens is 1. The van der Waals surface area contributed by atoms with Crippen molar-refractivity contribution < 1.29 is 27.1 Å². The van der Waals surface area contributed by atoms with E-state index in [0.717, 1.165) is 47.1 Å². The second kappa shape index (κ2) is 10.8. The molecule has 0 aliphatic carbocycles. The maximum atomic E-state index is 14.4. The lowest BCUT2D eigenvalue weighted by atomic mass is 9.80. The van der Waals surface area contributed by atoms with Crippen LogP contribution in [0.25, 0.3) is 5.57 Å². The zero-order valence-electron chi connectivity index (χ0n) is 21.9. The van der Waals surface area contributed by atoms with Gasteiger partial charge in [0.1, 0.15) is 23.9 Å². The molecule has 2 heterocycles. The van der Waals surface area contributed by atoms with Crippen molar-refractivity contribution in [3.63, 3.8) is 0 Å². The third kappa shape index (κ3) is 5.83. The van der Waals surface area contributed by atoms with Crippen LogP contribution in [0.4, 0.5) is 4.39 Å². The highest BCUT2D eigenvalue weighted by Crippen LogP contribution is 2.42. The van der Waals surface area contributed by atoms with Gasteiger partial charge in [0.15, 0.2) is 0 Å². The van der Waals surface area contributed by atoms with Crippen LogP contribution >= 0.6 is 0 Å². The van der Waals surface area contributed by atoms with Gasteiger partial charge in [-0.2, -0.15) is 0 Å². The molecule has 1 saturated heterocycles. The van der Waals surface area contributed by atoms with Gasteiger partial charge in [-0.05, 0) is 67.2 Å². The molecule has 2 aliphatic heterocycles. The third-order valence-corrected chi connectivity index (χ3v) is 8.18. The first-order chi connectivity index (χ1) is 17.6. The average molecular weight is 531 g/mol. The van der Waals surface area contributed by atoms with E-state index in [9.17, 15) is 17.6 Å². The lowest BCUT2D eigenvalue weighted by Gasteiger charge is -2.38. The molecule has 1 amide bonds. The Hall–Kier alpha value is -2.91. The van der Waals surface area contributed by atoms with Crippen LogP contribution < -0.4 is 14.2 Å². The van der Waals surface area contributed by atoms with Gasteiger partial charge in [0.05, 0.1) is 18.8 Å². The molecule has 0 atom stereocenters. The molecule has 4 rings (SSSR count). The Kier molecular flexibility index (Phi) is 7.94. The van der Waals surface area contributed by atoms with Crippen LogP contribution in [-0.4, -0.2) is 52.2 Å². The number of amides is 1. The summed E-state index contributed by atoms with van der Waals surface area (Å²) in [7, 11) is -2.01. The Balaban J connectivity index is 1.65. The molecule has 200 valence electrons. The minimum absolute atomic E-state index is 0.317. The van der Waals surface area contributed by atoms with E-state index < -0.39 is 21.3 Å². The van der Waals surface area contributed by atoms with Crippen molar-refractivity contribution in [1.29, 1.82) is 0 Å². The predicted molar refractivity (Wildman–Crippen MR) is 141 cm³/mol. The Morgan fingerprint density at radius 2 is 1.81 bits per heavy atom. The lowest BCUT2D eigenvalue weighted by Crippen LogP contribution is -2.50. The number of nitrogens with zero attached hydrogens (tertiary/aromatic N) is 1. The number of hydrogen-bond acceptors (Lipinski definition) is 6. The van der Waals surface area contributed by atoms with Crippen LogP contribution in [0.5, 0.6) is 11.5 Å². The van der Waals surface area contributed by atoms with Crippen molar-refractivity contribution in [3.8, 4) is 11.5 Å². The van der Waals surface area contributed by atoms with Crippen LogP contribution in [0.1, 0.15) is 56.2 Å². The number of benzene rings is 2. The van der Waals surface area contributed by atoms with E-state index >= 15 is 0 Å². The minimum atomic E-state index is -3.64. The van der Waals surface area contributed by atoms with Gasteiger partial charge in [-0.25, -0.2) is 12.8 Å². The molecular weight excluding hydrogens is 495 g/mol. The highest BCUT2D eigenvalue weighted by molar-refractivity contribution is 7.89. The fourth-order valence-corrected chi connectivity index (χ4v) is 5.92. The summed E-state index contributed by atoms with van der Waals surface area (Å²) in [5.41, 5.74) is 4.15. The average Bonchev–Trinajstić information content (AvgIpc) is 3.02. The zero-order valence-corrected chi connectivity index (χ0v) is 22.7. The summed E-state index contributed by atoms with van der Waals surface area (Å²) in [5, 5.41) is 0. The van der Waals surface area contributed by atoms with Crippen molar-refractivity contribution in [2.45, 2.75) is 46.1 Å². The van der Waals surface area contributed by atoms with E-state index in [1.54, 1.807) is 13.2 Å². The number of ether oxygens (including phenoxy) is 2. The van der Waals surface area contributed by atoms with Gasteiger partial charge in [-0.3, -0.25) is 9.52 Å². The van der Waals surface area contributed by atoms with Gasteiger partial charge in [-0.1, -0.05) is 25.5 Å². The van der Waals surface area contributed by atoms with Gasteiger partial charge >= 0.3 is 0 Å².